The van der Waals surface area contributed by atoms with E-state index in [1.54, 1.807) is 90.9 Å². The molecule has 0 bridgehead atoms. The highest BCUT2D eigenvalue weighted by molar-refractivity contribution is 7.80. The standard InChI is InChI=1S/C40H71NO14.C14H12O3.C12H26O4S/c1-15-27-40(11,48)33(44)22(5)30(43)20(3)18-38(9,47)35(55-37-32(53-28(42)16-2)26(41(12)13)17-21(4)50-37)23(6)31(24(7)36(46)52-27)54-29-19-39(10,49-14)34(45)25(8)51-29;15-12-5-3-10(4-6-12)1-2-11-7-13(16)9-14(17)8-11;1-2-3-4-5-6-7-8-9-10-11-12-16-17(13,14)15/h20-27,29,31-35,37,44-45,47-48H,15-19H2,1-14H3;1-9,15-17H;2-12H2,1H3,(H,13,14,15). The summed E-state index contributed by atoms with van der Waals surface area (Å²) < 4.78 is 76.6. The van der Waals surface area contributed by atoms with E-state index < -0.39 is 124 Å². The molecule has 2 aromatic rings. The van der Waals surface area contributed by atoms with Gasteiger partial charge in [0.15, 0.2) is 18.7 Å². The fraction of sp³-hybridized carbons (Fsp3) is 0.742. The summed E-state index contributed by atoms with van der Waals surface area (Å²) in [5, 5.41) is 74.3. The topological polar surface area (TPSA) is 324 Å². The number of carbonyl (C=O) groups excluding carboxylic acids is 3. The lowest BCUT2D eigenvalue weighted by atomic mass is 9.74. The molecule has 18 unspecified atom stereocenters. The Kier molecular flexibility index (Phi) is 32.6. The number of benzene rings is 2. The molecular weight excluding hydrogens is 1170 g/mol. The SMILES string of the molecule is CCC(=O)OC1C(OC2C(C)C(OC3CC(C)(OC)C(O)C(C)O3)C(C)C(=O)OC(CC)C(C)(O)C(O)C(C)C(=O)C(C)CC2(C)O)OC(C)CC1N(C)C.CCCCCCCCCCCCOS(=O)(=O)O.Oc1ccc(C=Cc2cc(O)cc(O)c2)cc1. The van der Waals surface area contributed by atoms with Crippen LogP contribution in [0.1, 0.15) is 191 Å². The van der Waals surface area contributed by atoms with E-state index in [9.17, 15) is 53.4 Å². The van der Waals surface area contributed by atoms with Gasteiger partial charge in [-0.1, -0.05) is 124 Å². The van der Waals surface area contributed by atoms with Gasteiger partial charge >= 0.3 is 22.3 Å². The summed E-state index contributed by atoms with van der Waals surface area (Å²) in [4.78, 5) is 42.9. The minimum absolute atomic E-state index is 0.0235. The van der Waals surface area contributed by atoms with Crippen molar-refractivity contribution in [1.29, 1.82) is 0 Å². The van der Waals surface area contributed by atoms with Crippen LogP contribution in [0.15, 0.2) is 42.5 Å². The minimum atomic E-state index is -4.23. The van der Waals surface area contributed by atoms with Crippen molar-refractivity contribution in [3.05, 3.63) is 53.6 Å². The number of carbonyl (C=O) groups is 3. The lowest BCUT2D eigenvalue weighted by Gasteiger charge is -2.49. The van der Waals surface area contributed by atoms with E-state index >= 15 is 0 Å². The molecule has 3 aliphatic heterocycles. The number of methoxy groups -OCH3 is 1. The van der Waals surface area contributed by atoms with Gasteiger partial charge in [0.05, 0.1) is 60.3 Å². The number of esters is 2. The number of cyclic esters (lactones) is 1. The van der Waals surface area contributed by atoms with Gasteiger partial charge in [0.1, 0.15) is 40.8 Å². The van der Waals surface area contributed by atoms with E-state index in [1.165, 1.54) is 78.9 Å². The number of aliphatic hydroxyl groups is 4. The zero-order chi connectivity index (χ0) is 67.2. The number of nitrogens with zero attached hydrogens (tertiary/aromatic N) is 1. The molecule has 0 radical (unpaired) electrons. The molecule has 22 nitrogen and oxygen atoms in total. The van der Waals surface area contributed by atoms with Crippen molar-refractivity contribution in [2.24, 2.45) is 23.7 Å². The summed E-state index contributed by atoms with van der Waals surface area (Å²) in [6, 6.07) is 10.8. The molecule has 0 amide bonds. The van der Waals surface area contributed by atoms with Gasteiger partial charge in [0.25, 0.3) is 0 Å². The second kappa shape index (κ2) is 36.8. The first kappa shape index (κ1) is 78.9. The Balaban J connectivity index is 0.000000489. The monoisotopic (exact) mass is 1280 g/mol. The van der Waals surface area contributed by atoms with E-state index in [0.717, 1.165) is 18.4 Å². The first-order chi connectivity index (χ1) is 41.5. The lowest BCUT2D eigenvalue weighted by molar-refractivity contribution is -0.319. The van der Waals surface area contributed by atoms with Crippen molar-refractivity contribution in [3.63, 3.8) is 0 Å². The van der Waals surface area contributed by atoms with E-state index in [1.807, 2.05) is 32.0 Å². The molecule has 3 saturated heterocycles. The number of ketones is 1. The number of Topliss-reactive ketones (excluding diaryl/α,β-unsaturated/α-hetero) is 1. The largest absolute Gasteiger partial charge is 0.508 e. The number of aromatic hydroxyl groups is 3. The van der Waals surface area contributed by atoms with Crippen LogP contribution in [0.2, 0.25) is 0 Å². The summed E-state index contributed by atoms with van der Waals surface area (Å²) in [5.74, 6) is -5.32. The van der Waals surface area contributed by atoms with Crippen LogP contribution in [-0.2, 0) is 62.1 Å². The van der Waals surface area contributed by atoms with Crippen molar-refractivity contribution in [2.75, 3.05) is 27.8 Å². The molecule has 3 fully saturated rings. The van der Waals surface area contributed by atoms with Gasteiger partial charge in [0.2, 0.25) is 0 Å². The van der Waals surface area contributed by atoms with Crippen LogP contribution in [0.25, 0.3) is 12.2 Å². The average Bonchev–Trinajstić information content (AvgIpc) is 0.907. The van der Waals surface area contributed by atoms with Gasteiger partial charge in [-0.25, -0.2) is 4.18 Å². The highest BCUT2D eigenvalue weighted by atomic mass is 32.3. The number of hydrogen-bond donors (Lipinski definition) is 8. The van der Waals surface area contributed by atoms with Crippen LogP contribution >= 0.6 is 0 Å². The van der Waals surface area contributed by atoms with Crippen LogP contribution < -0.4 is 0 Å². The minimum Gasteiger partial charge on any atom is -0.508 e. The maximum Gasteiger partial charge on any atom is 0.397 e. The Morgan fingerprint density at radius 1 is 0.730 bits per heavy atom. The molecule has 0 aromatic heterocycles. The molecule has 18 atom stereocenters. The van der Waals surface area contributed by atoms with E-state index in [0.29, 0.717) is 18.4 Å². The van der Waals surface area contributed by atoms with Gasteiger partial charge in [-0.2, -0.15) is 8.42 Å². The van der Waals surface area contributed by atoms with Gasteiger partial charge in [-0.15, -0.1) is 0 Å². The zero-order valence-electron chi connectivity index (χ0n) is 55.4. The Bertz CT molecular complexity index is 2560. The number of phenolic OH excluding ortho intramolecular Hbond substituents is 3. The van der Waals surface area contributed by atoms with Crippen LogP contribution in [0.4, 0.5) is 0 Å². The average molecular weight is 1280 g/mol. The number of phenols is 3. The molecule has 5 rings (SSSR count). The lowest BCUT2D eigenvalue weighted by Crippen LogP contribution is -2.61. The summed E-state index contributed by atoms with van der Waals surface area (Å²) in [6.45, 7) is 20.3. The van der Waals surface area contributed by atoms with Crippen LogP contribution in [0, 0.1) is 23.7 Å². The van der Waals surface area contributed by atoms with E-state index in [4.69, 9.17) is 42.8 Å². The Morgan fingerprint density at radius 2 is 1.29 bits per heavy atom. The second-order valence-corrected chi connectivity index (χ2v) is 26.5. The van der Waals surface area contributed by atoms with Crippen LogP contribution in [-0.4, -0.2) is 183 Å². The summed E-state index contributed by atoms with van der Waals surface area (Å²) in [5.41, 5.74) is -3.30. The van der Waals surface area contributed by atoms with Crippen molar-refractivity contribution >= 4 is 40.3 Å². The molecule has 0 saturated carbocycles. The smallest absolute Gasteiger partial charge is 0.397 e. The number of aliphatic hydroxyl groups excluding tert-OH is 2. The number of ether oxygens (including phenoxy) is 7. The zero-order valence-corrected chi connectivity index (χ0v) is 56.2. The van der Waals surface area contributed by atoms with Crippen molar-refractivity contribution in [1.82, 2.24) is 4.90 Å². The van der Waals surface area contributed by atoms with Crippen LogP contribution in [0.3, 0.4) is 0 Å². The van der Waals surface area contributed by atoms with E-state index in [-0.39, 0.29) is 61.7 Å². The number of hydrogen-bond acceptors (Lipinski definition) is 21. The second-order valence-electron chi connectivity index (χ2n) is 25.4. The molecule has 3 aliphatic rings. The van der Waals surface area contributed by atoms with Crippen molar-refractivity contribution < 1.29 is 100 Å². The Morgan fingerprint density at radius 3 is 1.82 bits per heavy atom. The molecule has 0 spiro atoms. The molecule has 89 heavy (non-hydrogen) atoms. The molecule has 8 N–H and O–H groups in total. The maximum absolute atomic E-state index is 14.2. The van der Waals surface area contributed by atoms with Crippen molar-refractivity contribution in [3.8, 4) is 17.2 Å². The number of likely N-dealkylation sites (N-methyl/N-ethyl adjacent to an activating group) is 1. The highest BCUT2D eigenvalue weighted by Crippen LogP contribution is 2.41. The molecule has 0 aliphatic carbocycles. The number of unbranched alkanes of at least 4 members (excludes halogenated alkanes) is 9. The third-order valence-corrected chi connectivity index (χ3v) is 17.8. The molecule has 3 heterocycles. The summed E-state index contributed by atoms with van der Waals surface area (Å²) in [6.07, 6.45) is 5.77. The highest BCUT2D eigenvalue weighted by Gasteiger charge is 2.54. The van der Waals surface area contributed by atoms with Gasteiger partial charge in [-0.05, 0) is 117 Å². The molecular formula is C66H109NO21S. The maximum atomic E-state index is 14.2. The van der Waals surface area contributed by atoms with E-state index in [2.05, 4.69) is 11.1 Å². The Labute approximate surface area is 529 Å². The predicted molar refractivity (Wildman–Crippen MR) is 337 cm³/mol. The predicted octanol–water partition coefficient (Wildman–Crippen LogP) is 9.45. The quantitative estimate of drug-likeness (QED) is 0.0222. The Hall–Kier alpha value is -4.34. The summed E-state index contributed by atoms with van der Waals surface area (Å²) >= 11 is 0. The third kappa shape index (κ3) is 24.9. The summed E-state index contributed by atoms with van der Waals surface area (Å²) in [7, 11) is 0.973. The fourth-order valence-electron chi connectivity index (χ4n) is 12.0. The van der Waals surface area contributed by atoms with Gasteiger partial charge in [-0.3, -0.25) is 18.9 Å². The molecule has 2 aromatic carbocycles. The first-order valence-corrected chi connectivity index (χ1v) is 33.1. The first-order valence-electron chi connectivity index (χ1n) is 31.8. The van der Waals surface area contributed by atoms with Crippen LogP contribution in [0.5, 0.6) is 17.2 Å². The molecule has 510 valence electrons. The van der Waals surface area contributed by atoms with Crippen molar-refractivity contribution in [2.45, 2.75) is 264 Å². The molecule has 23 heteroatoms. The normalized spacial score (nSPS) is 33.3. The van der Waals surface area contributed by atoms with Gasteiger partial charge < -0.3 is 73.8 Å². The third-order valence-electron chi connectivity index (χ3n) is 17.4. The van der Waals surface area contributed by atoms with Gasteiger partial charge in [0, 0.05) is 43.8 Å². The fourth-order valence-corrected chi connectivity index (χ4v) is 12.3. The number of rotatable bonds is 23.